The third kappa shape index (κ3) is 2.62. The van der Waals surface area contributed by atoms with Crippen LogP contribution in [0.5, 0.6) is 0 Å². The Bertz CT molecular complexity index is 482. The van der Waals surface area contributed by atoms with Crippen LogP contribution < -0.4 is 11.3 Å². The third-order valence-corrected chi connectivity index (χ3v) is 1.99. The van der Waals surface area contributed by atoms with Crippen LogP contribution in [0.2, 0.25) is 0 Å². The lowest BCUT2D eigenvalue weighted by atomic mass is 10.4. The van der Waals surface area contributed by atoms with Crippen LogP contribution in [0.3, 0.4) is 0 Å². The molecule has 0 saturated heterocycles. The van der Waals surface area contributed by atoms with E-state index in [0.717, 1.165) is 10.6 Å². The second-order valence-electron chi connectivity index (χ2n) is 2.70. The zero-order valence-corrected chi connectivity index (χ0v) is 8.93. The van der Waals surface area contributed by atoms with Gasteiger partial charge in [0.1, 0.15) is 6.54 Å². The molecule has 15 heavy (non-hydrogen) atoms. The van der Waals surface area contributed by atoms with Gasteiger partial charge in [0.25, 0.3) is 0 Å². The first kappa shape index (κ1) is 11.4. The maximum atomic E-state index is 11.4. The van der Waals surface area contributed by atoms with Crippen LogP contribution in [0, 0.1) is 10.1 Å². The van der Waals surface area contributed by atoms with Gasteiger partial charge in [-0.15, -0.1) is 0 Å². The summed E-state index contributed by atoms with van der Waals surface area (Å²) in [7, 11) is 0. The predicted octanol–water partition coefficient (Wildman–Crippen LogP) is 0.00430. The number of carbonyl (C=O) groups is 1. The van der Waals surface area contributed by atoms with Crippen molar-refractivity contribution in [2.24, 2.45) is 5.73 Å². The fraction of sp³-hybridized carbons (Fsp3) is 0.143. The highest BCUT2D eigenvalue weighted by Gasteiger charge is 2.16. The monoisotopic (exact) mass is 275 g/mol. The Kier molecular flexibility index (Phi) is 3.20. The molecule has 0 spiro atoms. The van der Waals surface area contributed by atoms with Crippen LogP contribution in [0.4, 0.5) is 5.69 Å². The number of rotatable bonds is 3. The van der Waals surface area contributed by atoms with Gasteiger partial charge in [0.2, 0.25) is 5.91 Å². The molecule has 0 unspecified atom stereocenters. The minimum absolute atomic E-state index is 0.329. The molecule has 1 amide bonds. The highest BCUT2D eigenvalue weighted by atomic mass is 79.9. The Balaban J connectivity index is 3.35. The fourth-order valence-electron chi connectivity index (χ4n) is 1.00. The lowest BCUT2D eigenvalue weighted by molar-refractivity contribution is -0.386. The molecule has 80 valence electrons. The molecule has 0 saturated carbocycles. The van der Waals surface area contributed by atoms with Gasteiger partial charge in [0, 0.05) is 16.7 Å². The molecule has 1 aromatic rings. The third-order valence-electron chi connectivity index (χ3n) is 1.56. The van der Waals surface area contributed by atoms with Gasteiger partial charge in [0.05, 0.1) is 4.92 Å². The number of halogens is 1. The minimum atomic E-state index is -0.859. The molecule has 0 aliphatic carbocycles. The number of amides is 1. The average molecular weight is 276 g/mol. The van der Waals surface area contributed by atoms with E-state index in [0.29, 0.717) is 4.47 Å². The van der Waals surface area contributed by atoms with Crippen molar-refractivity contribution in [1.29, 1.82) is 0 Å². The maximum Gasteiger partial charge on any atom is 0.335 e. The summed E-state index contributed by atoms with van der Waals surface area (Å²) in [4.78, 5) is 31.6. The summed E-state index contributed by atoms with van der Waals surface area (Å²) in [5.41, 5.74) is 3.42. The molecule has 0 radical (unpaired) electrons. The van der Waals surface area contributed by atoms with E-state index in [2.05, 4.69) is 15.9 Å². The van der Waals surface area contributed by atoms with E-state index in [1.807, 2.05) is 0 Å². The molecular formula is C7H6BrN3O4. The largest absolute Gasteiger partial charge is 0.368 e. The molecule has 0 fully saturated rings. The van der Waals surface area contributed by atoms with Crippen molar-refractivity contribution in [3.63, 3.8) is 0 Å². The highest BCUT2D eigenvalue weighted by molar-refractivity contribution is 9.10. The van der Waals surface area contributed by atoms with Crippen molar-refractivity contribution >= 4 is 27.5 Å². The molecule has 8 heteroatoms. The van der Waals surface area contributed by atoms with Gasteiger partial charge >= 0.3 is 11.2 Å². The van der Waals surface area contributed by atoms with Crippen LogP contribution in [0.25, 0.3) is 0 Å². The van der Waals surface area contributed by atoms with Gasteiger partial charge in [-0.3, -0.25) is 24.3 Å². The highest BCUT2D eigenvalue weighted by Crippen LogP contribution is 2.13. The zero-order valence-electron chi connectivity index (χ0n) is 7.34. The summed E-state index contributed by atoms with van der Waals surface area (Å²) in [6.45, 7) is -0.390. The number of nitrogens with zero attached hydrogens (tertiary/aromatic N) is 2. The van der Waals surface area contributed by atoms with Crippen molar-refractivity contribution in [2.75, 3.05) is 0 Å². The lowest BCUT2D eigenvalue weighted by Gasteiger charge is -2.02. The SMILES string of the molecule is NC(=O)Cn1cc(Br)cc([N+](=O)[O-])c1=O. The second kappa shape index (κ2) is 4.22. The standard InChI is InChI=1S/C7H6BrN3O4/c8-4-1-5(11(14)15)7(13)10(2-4)3-6(9)12/h1-2H,3H2,(H2,9,12). The molecule has 0 aromatic carbocycles. The average Bonchev–Trinajstić information content (AvgIpc) is 2.09. The molecule has 1 aromatic heterocycles. The number of nitro groups is 1. The molecule has 0 aliphatic heterocycles. The molecule has 7 nitrogen and oxygen atoms in total. The van der Waals surface area contributed by atoms with Crippen LogP contribution >= 0.6 is 15.9 Å². The number of primary amides is 1. The smallest absolute Gasteiger partial charge is 0.335 e. The summed E-state index contributed by atoms with van der Waals surface area (Å²) in [6, 6.07) is 1.07. The van der Waals surface area contributed by atoms with Gasteiger partial charge in [0.15, 0.2) is 0 Å². The van der Waals surface area contributed by atoms with Gasteiger partial charge in [-0.05, 0) is 15.9 Å². The first-order valence-corrected chi connectivity index (χ1v) is 4.54. The zero-order chi connectivity index (χ0) is 11.6. The van der Waals surface area contributed by atoms with Crippen molar-refractivity contribution in [2.45, 2.75) is 6.54 Å². The summed E-state index contributed by atoms with van der Waals surface area (Å²) in [6.07, 6.45) is 1.26. The molecule has 1 heterocycles. The number of nitrogens with two attached hydrogens (primary N) is 1. The van der Waals surface area contributed by atoms with Gasteiger partial charge < -0.3 is 5.73 Å². The summed E-state index contributed by atoms with van der Waals surface area (Å²) < 4.78 is 1.21. The van der Waals surface area contributed by atoms with Crippen LogP contribution in [-0.2, 0) is 11.3 Å². The lowest BCUT2D eigenvalue weighted by Crippen LogP contribution is -2.28. The summed E-state index contributed by atoms with van der Waals surface area (Å²) in [5.74, 6) is -0.746. The number of hydrogen-bond donors (Lipinski definition) is 1. The predicted molar refractivity (Wildman–Crippen MR) is 54.3 cm³/mol. The van der Waals surface area contributed by atoms with Gasteiger partial charge in [-0.1, -0.05) is 0 Å². The Morgan fingerprint density at radius 3 is 2.73 bits per heavy atom. The number of hydrogen-bond acceptors (Lipinski definition) is 4. The van der Waals surface area contributed by atoms with Crippen LogP contribution in [0.15, 0.2) is 21.5 Å². The van der Waals surface area contributed by atoms with E-state index >= 15 is 0 Å². The van der Waals surface area contributed by atoms with Gasteiger partial charge in [-0.2, -0.15) is 0 Å². The van der Waals surface area contributed by atoms with E-state index < -0.39 is 22.1 Å². The molecule has 0 aliphatic rings. The molecule has 0 atom stereocenters. The van der Waals surface area contributed by atoms with Gasteiger partial charge in [-0.25, -0.2) is 0 Å². The normalized spacial score (nSPS) is 9.93. The van der Waals surface area contributed by atoms with E-state index in [1.54, 1.807) is 0 Å². The first-order chi connectivity index (χ1) is 6.91. The van der Waals surface area contributed by atoms with Crippen molar-refractivity contribution in [3.05, 3.63) is 37.2 Å². The van der Waals surface area contributed by atoms with Crippen molar-refractivity contribution in [1.82, 2.24) is 4.57 Å². The Labute approximate surface area is 91.8 Å². The van der Waals surface area contributed by atoms with E-state index in [9.17, 15) is 19.7 Å². The Morgan fingerprint density at radius 1 is 1.67 bits per heavy atom. The Hall–Kier alpha value is -1.70. The minimum Gasteiger partial charge on any atom is -0.368 e. The molecule has 1 rings (SSSR count). The quantitative estimate of drug-likeness (QED) is 0.619. The number of aromatic nitrogens is 1. The number of pyridine rings is 1. The molecular weight excluding hydrogens is 270 g/mol. The first-order valence-electron chi connectivity index (χ1n) is 3.74. The Morgan fingerprint density at radius 2 is 2.27 bits per heavy atom. The summed E-state index contributed by atoms with van der Waals surface area (Å²) in [5, 5.41) is 10.5. The fourth-order valence-corrected chi connectivity index (χ4v) is 1.46. The van der Waals surface area contributed by atoms with E-state index in [1.165, 1.54) is 6.20 Å². The van der Waals surface area contributed by atoms with Crippen molar-refractivity contribution < 1.29 is 9.72 Å². The molecule has 0 bridgehead atoms. The van der Waals surface area contributed by atoms with E-state index in [-0.39, 0.29) is 6.54 Å². The number of carbonyl (C=O) groups excluding carboxylic acids is 1. The molecule has 2 N–H and O–H groups in total. The second-order valence-corrected chi connectivity index (χ2v) is 3.62. The van der Waals surface area contributed by atoms with Crippen LogP contribution in [0.1, 0.15) is 0 Å². The van der Waals surface area contributed by atoms with E-state index in [4.69, 9.17) is 5.73 Å². The topological polar surface area (TPSA) is 108 Å². The van der Waals surface area contributed by atoms with Crippen LogP contribution in [-0.4, -0.2) is 15.4 Å². The maximum absolute atomic E-state index is 11.4. The summed E-state index contributed by atoms with van der Waals surface area (Å²) >= 11 is 2.99. The van der Waals surface area contributed by atoms with Crippen molar-refractivity contribution in [3.8, 4) is 0 Å².